The van der Waals surface area contributed by atoms with Crippen LogP contribution in [0.5, 0.6) is 0 Å². The van der Waals surface area contributed by atoms with E-state index in [1.807, 2.05) is 61.9 Å². The number of nitrogens with zero attached hydrogens (tertiary/aromatic N) is 3. The number of anilines is 1. The zero-order valence-electron chi connectivity index (χ0n) is 15.1. The summed E-state index contributed by atoms with van der Waals surface area (Å²) in [7, 11) is 1.86. The van der Waals surface area contributed by atoms with Crippen LogP contribution in [0.2, 0.25) is 5.02 Å². The molecule has 140 valence electrons. The average Bonchev–Trinajstić information content (AvgIpc) is 2.97. The molecule has 0 saturated carbocycles. The highest BCUT2D eigenvalue weighted by atomic mass is 79.9. The Labute approximate surface area is 175 Å². The molecule has 1 amide bonds. The fraction of sp³-hybridized carbons (Fsp3) is 0.211. The summed E-state index contributed by atoms with van der Waals surface area (Å²) in [4.78, 5) is 12.4. The summed E-state index contributed by atoms with van der Waals surface area (Å²) in [6, 6.07) is 11.4. The maximum Gasteiger partial charge on any atom is 0.234 e. The van der Waals surface area contributed by atoms with E-state index >= 15 is 0 Å². The number of carbonyl (C=O) groups is 1. The van der Waals surface area contributed by atoms with E-state index in [0.717, 1.165) is 26.9 Å². The lowest BCUT2D eigenvalue weighted by Gasteiger charge is -2.12. The normalized spacial score (nSPS) is 10.9. The van der Waals surface area contributed by atoms with Crippen LogP contribution < -0.4 is 5.32 Å². The van der Waals surface area contributed by atoms with Crippen LogP contribution in [0, 0.1) is 13.8 Å². The van der Waals surface area contributed by atoms with Crippen molar-refractivity contribution in [3.63, 3.8) is 0 Å². The summed E-state index contributed by atoms with van der Waals surface area (Å²) in [6.45, 7) is 3.94. The van der Waals surface area contributed by atoms with Gasteiger partial charge in [0.25, 0.3) is 0 Å². The number of hydrogen-bond acceptors (Lipinski definition) is 4. The number of hydrogen-bond donors (Lipinski definition) is 1. The van der Waals surface area contributed by atoms with E-state index in [2.05, 4.69) is 31.4 Å². The quantitative estimate of drug-likeness (QED) is 0.523. The number of aryl methyl sites for hydroxylation is 2. The van der Waals surface area contributed by atoms with E-state index in [0.29, 0.717) is 16.0 Å². The van der Waals surface area contributed by atoms with Crippen molar-refractivity contribution in [2.75, 3.05) is 11.1 Å². The zero-order valence-corrected chi connectivity index (χ0v) is 18.2. The van der Waals surface area contributed by atoms with E-state index in [1.54, 1.807) is 0 Å². The molecular formula is C19H18BrClN4OS. The Morgan fingerprint density at radius 3 is 2.56 bits per heavy atom. The van der Waals surface area contributed by atoms with Gasteiger partial charge in [-0.1, -0.05) is 51.4 Å². The second kappa shape index (κ2) is 8.46. The molecule has 8 heteroatoms. The molecule has 5 nitrogen and oxygen atoms in total. The van der Waals surface area contributed by atoms with Crippen LogP contribution in [0.4, 0.5) is 5.69 Å². The number of halogens is 2. The fourth-order valence-electron chi connectivity index (χ4n) is 2.73. The lowest BCUT2D eigenvalue weighted by molar-refractivity contribution is -0.113. The Morgan fingerprint density at radius 2 is 1.89 bits per heavy atom. The molecule has 0 aliphatic carbocycles. The Hall–Kier alpha value is -1.83. The molecule has 0 radical (unpaired) electrons. The summed E-state index contributed by atoms with van der Waals surface area (Å²) in [5, 5.41) is 12.7. The molecule has 0 aliphatic rings. The van der Waals surface area contributed by atoms with Crippen LogP contribution in [-0.4, -0.2) is 26.4 Å². The zero-order chi connectivity index (χ0) is 19.6. The third-order valence-corrected chi connectivity index (χ3v) is 5.85. The number of aromatic nitrogens is 3. The molecule has 0 saturated heterocycles. The molecule has 0 fully saturated rings. The van der Waals surface area contributed by atoms with Crippen molar-refractivity contribution in [1.29, 1.82) is 0 Å². The minimum atomic E-state index is -0.0872. The van der Waals surface area contributed by atoms with Gasteiger partial charge in [0.2, 0.25) is 5.91 Å². The fourth-order valence-corrected chi connectivity index (χ4v) is 4.35. The van der Waals surface area contributed by atoms with Gasteiger partial charge in [0, 0.05) is 22.8 Å². The Balaban J connectivity index is 1.69. The minimum absolute atomic E-state index is 0.0872. The maximum absolute atomic E-state index is 12.4. The molecule has 0 unspecified atom stereocenters. The Bertz CT molecular complexity index is 982. The summed E-state index contributed by atoms with van der Waals surface area (Å²) in [5.74, 6) is 0.822. The average molecular weight is 466 g/mol. The molecule has 27 heavy (non-hydrogen) atoms. The third kappa shape index (κ3) is 4.54. The number of rotatable bonds is 5. The van der Waals surface area contributed by atoms with Gasteiger partial charge in [0.05, 0.1) is 10.8 Å². The van der Waals surface area contributed by atoms with Crippen molar-refractivity contribution in [2.24, 2.45) is 7.05 Å². The first-order valence-corrected chi connectivity index (χ1v) is 10.4. The van der Waals surface area contributed by atoms with Crippen molar-refractivity contribution in [3.8, 4) is 11.4 Å². The number of thioether (sulfide) groups is 1. The van der Waals surface area contributed by atoms with E-state index in [4.69, 9.17) is 11.6 Å². The topological polar surface area (TPSA) is 59.8 Å². The lowest BCUT2D eigenvalue weighted by atomic mass is 10.1. The minimum Gasteiger partial charge on any atom is -0.325 e. The standard InChI is InChI=1S/C19H18BrClN4OS/c1-11-8-13(20)9-12(2)17(11)22-16(26)10-27-19-24-23-18(25(19)3)14-6-4-5-7-15(14)21/h4-9H,10H2,1-3H3,(H,22,26). The highest BCUT2D eigenvalue weighted by Crippen LogP contribution is 2.29. The second-order valence-corrected chi connectivity index (χ2v) is 8.36. The highest BCUT2D eigenvalue weighted by Gasteiger charge is 2.15. The van der Waals surface area contributed by atoms with Gasteiger partial charge in [-0.3, -0.25) is 4.79 Å². The van der Waals surface area contributed by atoms with Gasteiger partial charge in [0.1, 0.15) is 0 Å². The van der Waals surface area contributed by atoms with Crippen LogP contribution >= 0.6 is 39.3 Å². The predicted octanol–water partition coefficient (Wildman–Crippen LogP) is 5.25. The van der Waals surface area contributed by atoms with Gasteiger partial charge in [0.15, 0.2) is 11.0 Å². The second-order valence-electron chi connectivity index (χ2n) is 6.10. The highest BCUT2D eigenvalue weighted by molar-refractivity contribution is 9.10. The summed E-state index contributed by atoms with van der Waals surface area (Å²) in [5.41, 5.74) is 3.69. The molecule has 1 heterocycles. The lowest BCUT2D eigenvalue weighted by Crippen LogP contribution is -2.16. The molecular weight excluding hydrogens is 448 g/mol. The third-order valence-electron chi connectivity index (χ3n) is 4.04. The first-order chi connectivity index (χ1) is 12.9. The van der Waals surface area contributed by atoms with Crippen LogP contribution in [0.1, 0.15) is 11.1 Å². The van der Waals surface area contributed by atoms with Gasteiger partial charge in [-0.15, -0.1) is 10.2 Å². The molecule has 3 aromatic rings. The number of nitrogens with one attached hydrogen (secondary N) is 1. The summed E-state index contributed by atoms with van der Waals surface area (Å²) >= 11 is 11.0. The molecule has 1 N–H and O–H groups in total. The SMILES string of the molecule is Cc1cc(Br)cc(C)c1NC(=O)CSc1nnc(-c2ccccc2Cl)n1C. The van der Waals surface area contributed by atoms with Gasteiger partial charge < -0.3 is 9.88 Å². The Kier molecular flexibility index (Phi) is 6.24. The van der Waals surface area contributed by atoms with Crippen molar-refractivity contribution in [2.45, 2.75) is 19.0 Å². The molecule has 1 aromatic heterocycles. The molecule has 2 aromatic carbocycles. The molecule has 0 spiro atoms. The predicted molar refractivity (Wildman–Crippen MR) is 114 cm³/mol. The largest absolute Gasteiger partial charge is 0.325 e. The summed E-state index contributed by atoms with van der Waals surface area (Å²) in [6.07, 6.45) is 0. The van der Waals surface area contributed by atoms with E-state index in [1.165, 1.54) is 11.8 Å². The monoisotopic (exact) mass is 464 g/mol. The smallest absolute Gasteiger partial charge is 0.234 e. The Morgan fingerprint density at radius 1 is 1.22 bits per heavy atom. The van der Waals surface area contributed by atoms with Crippen LogP contribution in [0.3, 0.4) is 0 Å². The van der Waals surface area contributed by atoms with Crippen molar-refractivity contribution < 1.29 is 4.79 Å². The van der Waals surface area contributed by atoms with Crippen molar-refractivity contribution in [1.82, 2.24) is 14.8 Å². The summed E-state index contributed by atoms with van der Waals surface area (Å²) < 4.78 is 2.84. The van der Waals surface area contributed by atoms with E-state index in [-0.39, 0.29) is 11.7 Å². The van der Waals surface area contributed by atoms with Crippen LogP contribution in [0.25, 0.3) is 11.4 Å². The van der Waals surface area contributed by atoms with E-state index < -0.39 is 0 Å². The first-order valence-electron chi connectivity index (χ1n) is 8.20. The maximum atomic E-state index is 12.4. The van der Waals surface area contributed by atoms with Gasteiger partial charge in [-0.2, -0.15) is 0 Å². The first kappa shape index (κ1) is 19.9. The molecule has 3 rings (SSSR count). The number of amides is 1. The number of carbonyl (C=O) groups excluding carboxylic acids is 1. The van der Waals surface area contributed by atoms with Crippen LogP contribution in [-0.2, 0) is 11.8 Å². The van der Waals surface area contributed by atoms with Gasteiger partial charge in [-0.25, -0.2) is 0 Å². The van der Waals surface area contributed by atoms with Crippen molar-refractivity contribution >= 4 is 50.9 Å². The molecule has 0 aliphatic heterocycles. The van der Waals surface area contributed by atoms with Crippen LogP contribution in [0.15, 0.2) is 46.0 Å². The van der Waals surface area contributed by atoms with E-state index in [9.17, 15) is 4.79 Å². The number of benzene rings is 2. The molecule has 0 atom stereocenters. The van der Waals surface area contributed by atoms with Gasteiger partial charge in [-0.05, 0) is 49.2 Å². The van der Waals surface area contributed by atoms with Crippen molar-refractivity contribution in [3.05, 3.63) is 57.0 Å². The van der Waals surface area contributed by atoms with Gasteiger partial charge >= 0.3 is 0 Å². The molecule has 0 bridgehead atoms.